The predicted molar refractivity (Wildman–Crippen MR) is 73.4 cm³/mol. The number of ketones is 1. The maximum absolute atomic E-state index is 11.8. The summed E-state index contributed by atoms with van der Waals surface area (Å²) < 4.78 is 5.06. The van der Waals surface area contributed by atoms with Crippen LogP contribution in [0.15, 0.2) is 23.8 Å². The van der Waals surface area contributed by atoms with E-state index in [4.69, 9.17) is 4.74 Å². The van der Waals surface area contributed by atoms with Gasteiger partial charge in [0.05, 0.1) is 18.7 Å². The van der Waals surface area contributed by atoms with Gasteiger partial charge in [-0.3, -0.25) is 9.59 Å². The van der Waals surface area contributed by atoms with Crippen molar-refractivity contribution >= 4 is 11.8 Å². The van der Waals surface area contributed by atoms with Crippen molar-refractivity contribution in [2.75, 3.05) is 6.61 Å². The molecule has 2 atom stereocenters. The summed E-state index contributed by atoms with van der Waals surface area (Å²) in [6, 6.07) is 4.21. The van der Waals surface area contributed by atoms with E-state index in [-0.39, 0.29) is 43.0 Å². The Morgan fingerprint density at radius 3 is 2.81 bits per heavy atom. The van der Waals surface area contributed by atoms with E-state index < -0.39 is 5.41 Å². The molecular formula is C16H16N2O3. The second-order valence-corrected chi connectivity index (χ2v) is 5.44. The molecule has 2 aliphatic carbocycles. The third-order valence-corrected chi connectivity index (χ3v) is 4.07. The fraction of sp³-hybridized carbons (Fsp3) is 0.500. The Kier molecular flexibility index (Phi) is 4.23. The summed E-state index contributed by atoms with van der Waals surface area (Å²) in [5.41, 5.74) is -0.512. The van der Waals surface area contributed by atoms with Crippen molar-refractivity contribution in [2.24, 2.45) is 17.3 Å². The molecule has 0 saturated carbocycles. The molecule has 0 saturated heterocycles. The van der Waals surface area contributed by atoms with Gasteiger partial charge in [-0.1, -0.05) is 18.2 Å². The van der Waals surface area contributed by atoms with Crippen LogP contribution in [0.5, 0.6) is 0 Å². The minimum absolute atomic E-state index is 0.0802. The highest BCUT2D eigenvalue weighted by Crippen LogP contribution is 2.45. The van der Waals surface area contributed by atoms with Gasteiger partial charge in [-0.05, 0) is 11.5 Å². The monoisotopic (exact) mass is 284 g/mol. The van der Waals surface area contributed by atoms with Gasteiger partial charge in [-0.2, -0.15) is 10.5 Å². The first kappa shape index (κ1) is 15.0. The number of carbonyl (C=O) groups excluding carboxylic acids is 2. The van der Waals surface area contributed by atoms with Crippen LogP contribution in [-0.4, -0.2) is 18.4 Å². The molecule has 0 heterocycles. The largest absolute Gasteiger partial charge is 0.465 e. The van der Waals surface area contributed by atoms with Crippen LogP contribution in [-0.2, 0) is 14.3 Å². The van der Waals surface area contributed by atoms with E-state index >= 15 is 0 Å². The first-order valence-corrected chi connectivity index (χ1v) is 6.87. The Morgan fingerprint density at radius 1 is 1.48 bits per heavy atom. The number of hydrogen-bond acceptors (Lipinski definition) is 5. The average molecular weight is 284 g/mol. The normalized spacial score (nSPS) is 26.6. The summed E-state index contributed by atoms with van der Waals surface area (Å²) in [7, 11) is 0. The standard InChI is InChI=1S/C16H16N2O3/c1-11(19)21-8-12-3-2-6-16(9-17,10-18)15-5-4-13(20)7-14(12)15/h2-3,5,12,14H,4,6-8H2,1H3. The minimum atomic E-state index is -1.22. The lowest BCUT2D eigenvalue weighted by Gasteiger charge is -2.32. The van der Waals surface area contributed by atoms with Crippen LogP contribution in [0.25, 0.3) is 0 Å². The first-order chi connectivity index (χ1) is 10.0. The Morgan fingerprint density at radius 2 is 2.19 bits per heavy atom. The number of carbonyl (C=O) groups is 2. The number of Topliss-reactive ketones (excluding diaryl/α,β-unsaturated/α-hetero) is 1. The second kappa shape index (κ2) is 5.93. The summed E-state index contributed by atoms with van der Waals surface area (Å²) >= 11 is 0. The molecule has 0 N–H and O–H groups in total. The molecule has 2 aliphatic rings. The van der Waals surface area contributed by atoms with E-state index in [9.17, 15) is 20.1 Å². The maximum Gasteiger partial charge on any atom is 0.302 e. The number of hydrogen-bond donors (Lipinski definition) is 0. The highest BCUT2D eigenvalue weighted by molar-refractivity contribution is 5.82. The van der Waals surface area contributed by atoms with Crippen molar-refractivity contribution < 1.29 is 14.3 Å². The highest BCUT2D eigenvalue weighted by atomic mass is 16.5. The van der Waals surface area contributed by atoms with E-state index in [2.05, 4.69) is 12.1 Å². The number of rotatable bonds is 2. The molecule has 21 heavy (non-hydrogen) atoms. The van der Waals surface area contributed by atoms with Crippen molar-refractivity contribution in [3.05, 3.63) is 23.8 Å². The Hall–Kier alpha value is -2.40. The molecular weight excluding hydrogens is 268 g/mol. The predicted octanol–water partition coefficient (Wildman–Crippen LogP) is 2.06. The zero-order chi connectivity index (χ0) is 15.5. The molecule has 5 heteroatoms. The van der Waals surface area contributed by atoms with Crippen LogP contribution < -0.4 is 0 Å². The topological polar surface area (TPSA) is 90.9 Å². The average Bonchev–Trinajstić information content (AvgIpc) is 2.62. The van der Waals surface area contributed by atoms with Crippen molar-refractivity contribution in [3.8, 4) is 12.1 Å². The summed E-state index contributed by atoms with van der Waals surface area (Å²) in [6.07, 6.45) is 6.20. The molecule has 0 radical (unpaired) electrons. The molecule has 0 aromatic heterocycles. The summed E-state index contributed by atoms with van der Waals surface area (Å²) in [5, 5.41) is 18.9. The maximum atomic E-state index is 11.8. The van der Waals surface area contributed by atoms with Crippen LogP contribution in [0.4, 0.5) is 0 Å². The Bertz CT molecular complexity index is 590. The first-order valence-electron chi connectivity index (χ1n) is 6.87. The quantitative estimate of drug-likeness (QED) is 0.571. The molecule has 5 nitrogen and oxygen atoms in total. The zero-order valence-electron chi connectivity index (χ0n) is 11.8. The van der Waals surface area contributed by atoms with Crippen LogP contribution in [0.3, 0.4) is 0 Å². The third-order valence-electron chi connectivity index (χ3n) is 4.07. The number of fused-ring (bicyclic) bond motifs is 1. The van der Waals surface area contributed by atoms with Gasteiger partial charge in [0.15, 0.2) is 5.41 Å². The number of allylic oxidation sites excluding steroid dienone is 3. The Labute approximate surface area is 123 Å². The van der Waals surface area contributed by atoms with Crippen LogP contribution in [0.2, 0.25) is 0 Å². The van der Waals surface area contributed by atoms with E-state index in [1.165, 1.54) is 6.92 Å². The van der Waals surface area contributed by atoms with Gasteiger partial charge in [0.25, 0.3) is 0 Å². The van der Waals surface area contributed by atoms with Crippen molar-refractivity contribution in [1.29, 1.82) is 10.5 Å². The second-order valence-electron chi connectivity index (χ2n) is 5.44. The van der Waals surface area contributed by atoms with Gasteiger partial charge in [0, 0.05) is 32.1 Å². The lowest BCUT2D eigenvalue weighted by molar-refractivity contribution is -0.142. The van der Waals surface area contributed by atoms with Crippen LogP contribution in [0.1, 0.15) is 26.2 Å². The lowest BCUT2D eigenvalue weighted by atomic mass is 9.68. The van der Waals surface area contributed by atoms with Gasteiger partial charge < -0.3 is 4.74 Å². The molecule has 0 spiro atoms. The van der Waals surface area contributed by atoms with Crippen LogP contribution in [0, 0.1) is 39.9 Å². The molecule has 0 fully saturated rings. The van der Waals surface area contributed by atoms with Crippen molar-refractivity contribution in [3.63, 3.8) is 0 Å². The molecule has 2 unspecified atom stereocenters. The van der Waals surface area contributed by atoms with Gasteiger partial charge in [-0.15, -0.1) is 0 Å². The van der Waals surface area contributed by atoms with Gasteiger partial charge >= 0.3 is 5.97 Å². The molecule has 0 aliphatic heterocycles. The smallest absolute Gasteiger partial charge is 0.302 e. The molecule has 0 aromatic carbocycles. The minimum Gasteiger partial charge on any atom is -0.465 e. The van der Waals surface area contributed by atoms with Gasteiger partial charge in [0.1, 0.15) is 5.78 Å². The lowest BCUT2D eigenvalue weighted by Crippen LogP contribution is -2.32. The zero-order valence-corrected chi connectivity index (χ0v) is 11.8. The van der Waals surface area contributed by atoms with Gasteiger partial charge in [-0.25, -0.2) is 0 Å². The van der Waals surface area contributed by atoms with Crippen molar-refractivity contribution in [1.82, 2.24) is 0 Å². The third kappa shape index (κ3) is 2.87. The van der Waals surface area contributed by atoms with E-state index in [0.717, 1.165) is 0 Å². The highest BCUT2D eigenvalue weighted by Gasteiger charge is 2.44. The summed E-state index contributed by atoms with van der Waals surface area (Å²) in [5.74, 6) is -0.722. The number of ether oxygens (including phenoxy) is 1. The number of nitrogens with zero attached hydrogens (tertiary/aromatic N) is 2. The summed E-state index contributed by atoms with van der Waals surface area (Å²) in [6.45, 7) is 1.49. The number of nitriles is 2. The van der Waals surface area contributed by atoms with Crippen molar-refractivity contribution in [2.45, 2.75) is 26.2 Å². The Balaban J connectivity index is 2.39. The van der Waals surface area contributed by atoms with Gasteiger partial charge in [0.2, 0.25) is 0 Å². The molecule has 2 rings (SSSR count). The molecule has 0 bridgehead atoms. The SMILES string of the molecule is CC(=O)OCC1C=CCC(C#N)(C#N)C2=CCC(=O)CC21. The molecule has 108 valence electrons. The van der Waals surface area contributed by atoms with E-state index in [1.54, 1.807) is 12.2 Å². The fourth-order valence-electron chi connectivity index (χ4n) is 2.99. The molecule has 0 aromatic rings. The number of esters is 1. The van der Waals surface area contributed by atoms with Crippen LogP contribution >= 0.6 is 0 Å². The van der Waals surface area contributed by atoms with E-state index in [1.807, 2.05) is 6.08 Å². The van der Waals surface area contributed by atoms with E-state index in [0.29, 0.717) is 12.0 Å². The summed E-state index contributed by atoms with van der Waals surface area (Å²) in [4.78, 5) is 22.8. The fourth-order valence-corrected chi connectivity index (χ4v) is 2.99. The molecule has 0 amide bonds.